The van der Waals surface area contributed by atoms with E-state index >= 15 is 0 Å². The Balaban J connectivity index is 1.61. The van der Waals surface area contributed by atoms with Crippen LogP contribution in [0.2, 0.25) is 0 Å². The molecule has 0 aliphatic carbocycles. The molecule has 3 rings (SSSR count). The molecule has 0 unspecified atom stereocenters. The zero-order valence-electron chi connectivity index (χ0n) is 14.3. The van der Waals surface area contributed by atoms with Crippen LogP contribution < -0.4 is 4.90 Å². The number of anilines is 1. The molecule has 1 aliphatic rings. The minimum absolute atomic E-state index is 0.217. The molecule has 24 heavy (non-hydrogen) atoms. The minimum Gasteiger partial charge on any atom is -0.368 e. The van der Waals surface area contributed by atoms with Crippen molar-refractivity contribution in [2.45, 2.75) is 20.3 Å². The van der Waals surface area contributed by atoms with Crippen molar-refractivity contribution < 1.29 is 4.79 Å². The van der Waals surface area contributed by atoms with Gasteiger partial charge in [-0.2, -0.15) is 0 Å². The number of rotatable bonds is 3. The first-order chi connectivity index (χ1) is 11.5. The van der Waals surface area contributed by atoms with Gasteiger partial charge in [-0.15, -0.1) is 0 Å². The first kappa shape index (κ1) is 17.0. The second-order valence-corrected chi connectivity index (χ2v) is 7.33. The highest BCUT2D eigenvalue weighted by Gasteiger charge is 2.22. The van der Waals surface area contributed by atoms with E-state index in [-0.39, 0.29) is 5.91 Å². The van der Waals surface area contributed by atoms with Gasteiger partial charge in [-0.3, -0.25) is 4.79 Å². The molecule has 126 valence electrons. The number of hydrogen-bond acceptors (Lipinski definition) is 2. The van der Waals surface area contributed by atoms with Crippen molar-refractivity contribution >= 4 is 27.5 Å². The third-order valence-electron chi connectivity index (χ3n) is 4.63. The largest absolute Gasteiger partial charge is 0.368 e. The molecule has 1 fully saturated rings. The van der Waals surface area contributed by atoms with Gasteiger partial charge in [0.15, 0.2) is 0 Å². The quantitative estimate of drug-likeness (QED) is 0.796. The molecule has 0 spiro atoms. The molecule has 4 heteroatoms. The Kier molecular flexibility index (Phi) is 5.24. The highest BCUT2D eigenvalue weighted by Crippen LogP contribution is 2.25. The second-order valence-electron chi connectivity index (χ2n) is 6.41. The summed E-state index contributed by atoms with van der Waals surface area (Å²) in [5, 5.41) is 0. The average Bonchev–Trinajstić information content (AvgIpc) is 2.55. The van der Waals surface area contributed by atoms with Crippen molar-refractivity contribution in [2.75, 3.05) is 31.1 Å². The van der Waals surface area contributed by atoms with Crippen LogP contribution in [0.1, 0.15) is 16.7 Å². The van der Waals surface area contributed by atoms with E-state index in [1.807, 2.05) is 29.2 Å². The molecule has 3 nitrogen and oxygen atoms in total. The Morgan fingerprint density at radius 1 is 1.00 bits per heavy atom. The Morgan fingerprint density at radius 3 is 2.25 bits per heavy atom. The number of aryl methyl sites for hydroxylation is 2. The van der Waals surface area contributed by atoms with Gasteiger partial charge in [0.1, 0.15) is 0 Å². The van der Waals surface area contributed by atoms with E-state index in [4.69, 9.17) is 0 Å². The van der Waals surface area contributed by atoms with Gasteiger partial charge in [-0.05, 0) is 42.7 Å². The molecule has 1 amide bonds. The molecular formula is C20H23BrN2O. The number of hydrogen-bond donors (Lipinski definition) is 0. The highest BCUT2D eigenvalue weighted by molar-refractivity contribution is 9.10. The summed E-state index contributed by atoms with van der Waals surface area (Å²) in [5.74, 6) is 0.217. The summed E-state index contributed by atoms with van der Waals surface area (Å²) < 4.78 is 1.02. The number of halogens is 1. The van der Waals surface area contributed by atoms with Crippen LogP contribution in [0.25, 0.3) is 0 Å². The van der Waals surface area contributed by atoms with Crippen LogP contribution in [0.4, 0.5) is 5.69 Å². The smallest absolute Gasteiger partial charge is 0.227 e. The maximum Gasteiger partial charge on any atom is 0.227 e. The first-order valence-electron chi connectivity index (χ1n) is 8.38. The van der Waals surface area contributed by atoms with E-state index < -0.39 is 0 Å². The lowest BCUT2D eigenvalue weighted by atomic mass is 10.1. The summed E-state index contributed by atoms with van der Waals surface area (Å²) in [7, 11) is 0. The number of carbonyl (C=O) groups excluding carboxylic acids is 1. The molecule has 0 aromatic heterocycles. The van der Waals surface area contributed by atoms with Crippen molar-refractivity contribution in [2.24, 2.45) is 0 Å². The van der Waals surface area contributed by atoms with Gasteiger partial charge in [0, 0.05) is 36.3 Å². The van der Waals surface area contributed by atoms with Crippen LogP contribution in [-0.2, 0) is 11.2 Å². The fourth-order valence-electron chi connectivity index (χ4n) is 3.42. The number of amides is 1. The van der Waals surface area contributed by atoms with Crippen LogP contribution in [-0.4, -0.2) is 37.0 Å². The van der Waals surface area contributed by atoms with Crippen molar-refractivity contribution in [1.82, 2.24) is 4.90 Å². The lowest BCUT2D eigenvalue weighted by Crippen LogP contribution is -2.49. The molecule has 1 aliphatic heterocycles. The van der Waals surface area contributed by atoms with E-state index in [1.165, 1.54) is 16.8 Å². The van der Waals surface area contributed by atoms with Crippen LogP contribution >= 0.6 is 15.9 Å². The number of carbonyl (C=O) groups is 1. The number of piperazine rings is 1. The Bertz CT molecular complexity index is 716. The molecule has 0 bridgehead atoms. The monoisotopic (exact) mass is 386 g/mol. The summed E-state index contributed by atoms with van der Waals surface area (Å²) in [6.45, 7) is 7.70. The normalized spacial score (nSPS) is 14.8. The molecule has 0 saturated carbocycles. The molecule has 2 aromatic carbocycles. The summed E-state index contributed by atoms with van der Waals surface area (Å²) in [6.07, 6.45) is 0.475. The Morgan fingerprint density at radius 2 is 1.62 bits per heavy atom. The highest BCUT2D eigenvalue weighted by atomic mass is 79.9. The molecule has 1 heterocycles. The van der Waals surface area contributed by atoms with Gasteiger partial charge >= 0.3 is 0 Å². The molecular weight excluding hydrogens is 364 g/mol. The molecule has 1 saturated heterocycles. The van der Waals surface area contributed by atoms with Crippen molar-refractivity contribution in [1.29, 1.82) is 0 Å². The van der Waals surface area contributed by atoms with Crippen molar-refractivity contribution in [3.05, 3.63) is 63.6 Å². The van der Waals surface area contributed by atoms with Crippen LogP contribution in [0.3, 0.4) is 0 Å². The first-order valence-corrected chi connectivity index (χ1v) is 9.17. The summed E-state index contributed by atoms with van der Waals surface area (Å²) in [6, 6.07) is 14.4. The van der Waals surface area contributed by atoms with E-state index in [0.29, 0.717) is 6.42 Å². The third kappa shape index (κ3) is 3.81. The molecule has 0 N–H and O–H groups in total. The van der Waals surface area contributed by atoms with Crippen LogP contribution in [0.5, 0.6) is 0 Å². The van der Waals surface area contributed by atoms with Gasteiger partial charge in [-0.25, -0.2) is 0 Å². The lowest BCUT2D eigenvalue weighted by molar-refractivity contribution is -0.130. The van der Waals surface area contributed by atoms with Crippen molar-refractivity contribution in [3.63, 3.8) is 0 Å². The topological polar surface area (TPSA) is 23.6 Å². The summed E-state index contributed by atoms with van der Waals surface area (Å²) >= 11 is 3.46. The molecule has 0 atom stereocenters. The van der Waals surface area contributed by atoms with Crippen LogP contribution in [0, 0.1) is 13.8 Å². The van der Waals surface area contributed by atoms with Crippen LogP contribution in [0.15, 0.2) is 46.9 Å². The minimum atomic E-state index is 0.217. The number of nitrogens with zero attached hydrogens (tertiary/aromatic N) is 2. The molecule has 0 radical (unpaired) electrons. The standard InChI is InChI=1S/C20H23BrN2O/c1-15-5-3-6-16(2)20(15)23-11-9-22(10-12-23)19(24)14-17-7-4-8-18(21)13-17/h3-8,13H,9-12,14H2,1-2H3. The second kappa shape index (κ2) is 7.39. The van der Waals surface area contributed by atoms with E-state index in [2.05, 4.69) is 52.9 Å². The van der Waals surface area contributed by atoms with Gasteiger partial charge < -0.3 is 9.80 Å². The number of benzene rings is 2. The average molecular weight is 387 g/mol. The zero-order chi connectivity index (χ0) is 17.1. The Labute approximate surface area is 152 Å². The maximum atomic E-state index is 12.5. The third-order valence-corrected chi connectivity index (χ3v) is 5.13. The maximum absolute atomic E-state index is 12.5. The van der Waals surface area contributed by atoms with Gasteiger partial charge in [0.05, 0.1) is 6.42 Å². The lowest BCUT2D eigenvalue weighted by Gasteiger charge is -2.37. The fraction of sp³-hybridized carbons (Fsp3) is 0.350. The van der Waals surface area contributed by atoms with Gasteiger partial charge in [0.25, 0.3) is 0 Å². The Hall–Kier alpha value is -1.81. The summed E-state index contributed by atoms with van der Waals surface area (Å²) in [4.78, 5) is 16.9. The molecule has 2 aromatic rings. The van der Waals surface area contributed by atoms with Crippen molar-refractivity contribution in [3.8, 4) is 0 Å². The predicted octanol–water partition coefficient (Wildman–Crippen LogP) is 3.96. The van der Waals surface area contributed by atoms with E-state index in [9.17, 15) is 4.79 Å². The van der Waals surface area contributed by atoms with Gasteiger partial charge in [0.2, 0.25) is 5.91 Å². The van der Waals surface area contributed by atoms with E-state index in [0.717, 1.165) is 36.2 Å². The fourth-order valence-corrected chi connectivity index (χ4v) is 3.86. The van der Waals surface area contributed by atoms with Gasteiger partial charge in [-0.1, -0.05) is 46.3 Å². The zero-order valence-corrected chi connectivity index (χ0v) is 15.8. The summed E-state index contributed by atoms with van der Waals surface area (Å²) in [5.41, 5.74) is 5.01. The number of para-hydroxylation sites is 1. The SMILES string of the molecule is Cc1cccc(C)c1N1CCN(C(=O)Cc2cccc(Br)c2)CC1. The van der Waals surface area contributed by atoms with E-state index in [1.54, 1.807) is 0 Å². The predicted molar refractivity (Wildman–Crippen MR) is 103 cm³/mol.